The van der Waals surface area contributed by atoms with Crippen LogP contribution in [-0.2, 0) is 32.0 Å². The molecule has 2 aromatic rings. The monoisotopic (exact) mass is 500 g/mol. The van der Waals surface area contributed by atoms with Crippen LogP contribution in [0.4, 0.5) is 11.4 Å². The van der Waals surface area contributed by atoms with Gasteiger partial charge in [-0.3, -0.25) is 14.4 Å². The summed E-state index contributed by atoms with van der Waals surface area (Å²) in [7, 11) is 0. The maximum Gasteiger partial charge on any atom is 0.311 e. The van der Waals surface area contributed by atoms with Gasteiger partial charge in [-0.2, -0.15) is 0 Å². The second-order valence-electron chi connectivity index (χ2n) is 8.12. The fourth-order valence-electron chi connectivity index (χ4n) is 4.11. The molecule has 6 nitrogen and oxygen atoms in total. The van der Waals surface area contributed by atoms with Crippen molar-refractivity contribution in [3.05, 3.63) is 57.1 Å². The lowest BCUT2D eigenvalue weighted by molar-refractivity contribution is -0.151. The molecule has 0 bridgehead atoms. The van der Waals surface area contributed by atoms with E-state index >= 15 is 0 Å². The Balaban J connectivity index is 1.61. The molecule has 32 heavy (non-hydrogen) atoms. The third-order valence-electron chi connectivity index (χ3n) is 5.76. The minimum atomic E-state index is -0.581. The molecule has 2 amide bonds. The first-order valence-corrected chi connectivity index (χ1v) is 11.7. The number of hydrogen-bond acceptors (Lipinski definition) is 4. The highest BCUT2D eigenvalue weighted by Gasteiger charge is 2.37. The van der Waals surface area contributed by atoms with Crippen molar-refractivity contribution in [3.63, 3.8) is 0 Å². The Morgan fingerprint density at radius 2 is 1.72 bits per heavy atom. The van der Waals surface area contributed by atoms with Crippen molar-refractivity contribution in [1.29, 1.82) is 0 Å². The summed E-state index contributed by atoms with van der Waals surface area (Å²) in [5.74, 6) is -1.61. The summed E-state index contributed by atoms with van der Waals surface area (Å²) in [6.45, 7) is 7.87. The number of para-hydroxylation sites is 1. The van der Waals surface area contributed by atoms with E-state index in [-0.39, 0.29) is 25.5 Å². The lowest BCUT2D eigenvalue weighted by Gasteiger charge is -2.23. The van der Waals surface area contributed by atoms with Crippen molar-refractivity contribution in [2.24, 2.45) is 5.92 Å². The van der Waals surface area contributed by atoms with Gasteiger partial charge < -0.3 is 15.0 Å². The fraction of sp³-hybridized carbons (Fsp3) is 0.400. The van der Waals surface area contributed by atoms with Crippen LogP contribution in [0.3, 0.4) is 0 Å². The van der Waals surface area contributed by atoms with Gasteiger partial charge in [0.2, 0.25) is 5.91 Å². The maximum atomic E-state index is 12.7. The highest BCUT2D eigenvalue weighted by atomic mass is 79.9. The average Bonchev–Trinajstić information content (AvgIpc) is 3.16. The Morgan fingerprint density at radius 1 is 1.12 bits per heavy atom. The zero-order valence-electron chi connectivity index (χ0n) is 19.0. The minimum absolute atomic E-state index is 0.0900. The van der Waals surface area contributed by atoms with E-state index in [1.165, 1.54) is 0 Å². The van der Waals surface area contributed by atoms with Crippen LogP contribution in [0.1, 0.15) is 42.5 Å². The molecule has 1 saturated heterocycles. The lowest BCUT2D eigenvalue weighted by Crippen LogP contribution is -2.29. The summed E-state index contributed by atoms with van der Waals surface area (Å²) in [6, 6.07) is 9.73. The minimum Gasteiger partial charge on any atom is -0.455 e. The molecule has 0 saturated carbocycles. The van der Waals surface area contributed by atoms with Gasteiger partial charge in [-0.25, -0.2) is 0 Å². The van der Waals surface area contributed by atoms with Crippen LogP contribution in [0.5, 0.6) is 0 Å². The van der Waals surface area contributed by atoms with Crippen LogP contribution in [0, 0.1) is 19.8 Å². The first-order valence-electron chi connectivity index (χ1n) is 10.9. The van der Waals surface area contributed by atoms with Crippen LogP contribution in [0.15, 0.2) is 34.8 Å². The molecule has 0 aliphatic carbocycles. The standard InChI is InChI=1S/C25H29BrN2O4/c1-5-17-8-7-9-18(6-2)24(17)28-13-19(12-22(28)30)25(31)32-14-21(29)27-20-10-15(3)23(26)16(4)11-20/h7-11,19H,5-6,12-14H2,1-4H3,(H,27,29)/t19-/m1/s1. The zero-order valence-corrected chi connectivity index (χ0v) is 20.5. The van der Waals surface area contributed by atoms with Crippen molar-refractivity contribution < 1.29 is 19.1 Å². The van der Waals surface area contributed by atoms with Crippen LogP contribution in [0.2, 0.25) is 0 Å². The molecule has 1 aliphatic heterocycles. The van der Waals surface area contributed by atoms with E-state index < -0.39 is 17.8 Å². The fourth-order valence-corrected chi connectivity index (χ4v) is 4.34. The molecule has 1 heterocycles. The highest BCUT2D eigenvalue weighted by Crippen LogP contribution is 2.33. The van der Waals surface area contributed by atoms with Crippen molar-refractivity contribution in [2.45, 2.75) is 47.0 Å². The van der Waals surface area contributed by atoms with E-state index in [2.05, 4.69) is 35.1 Å². The van der Waals surface area contributed by atoms with Crippen molar-refractivity contribution in [1.82, 2.24) is 0 Å². The van der Waals surface area contributed by atoms with Crippen LogP contribution >= 0.6 is 15.9 Å². The lowest BCUT2D eigenvalue weighted by atomic mass is 10.0. The number of carbonyl (C=O) groups is 3. The van der Waals surface area contributed by atoms with Gasteiger partial charge in [0.25, 0.3) is 5.91 Å². The number of benzene rings is 2. The molecular weight excluding hydrogens is 472 g/mol. The van der Waals surface area contributed by atoms with Crippen molar-refractivity contribution >= 4 is 45.1 Å². The first kappa shape index (κ1) is 24.0. The molecule has 0 aromatic heterocycles. The van der Waals surface area contributed by atoms with Crippen LogP contribution in [-0.4, -0.2) is 30.9 Å². The maximum absolute atomic E-state index is 12.7. The largest absolute Gasteiger partial charge is 0.455 e. The van der Waals surface area contributed by atoms with Gasteiger partial charge in [0.1, 0.15) is 0 Å². The number of rotatable bonds is 7. The Kier molecular flexibility index (Phi) is 7.72. The second kappa shape index (κ2) is 10.3. The average molecular weight is 501 g/mol. The van der Waals surface area contributed by atoms with E-state index in [1.807, 2.05) is 44.2 Å². The predicted molar refractivity (Wildman–Crippen MR) is 129 cm³/mol. The first-order chi connectivity index (χ1) is 15.2. The topological polar surface area (TPSA) is 75.7 Å². The third kappa shape index (κ3) is 5.21. The van der Waals surface area contributed by atoms with E-state index in [9.17, 15) is 14.4 Å². The summed E-state index contributed by atoms with van der Waals surface area (Å²) >= 11 is 3.50. The van der Waals surface area contributed by atoms with Crippen molar-refractivity contribution in [2.75, 3.05) is 23.4 Å². The predicted octanol–water partition coefficient (Wildman–Crippen LogP) is 4.73. The molecule has 0 unspecified atom stereocenters. The number of nitrogens with one attached hydrogen (secondary N) is 1. The van der Waals surface area contributed by atoms with E-state index in [1.54, 1.807) is 4.90 Å². The van der Waals surface area contributed by atoms with Gasteiger partial charge >= 0.3 is 5.97 Å². The summed E-state index contributed by atoms with van der Waals surface area (Å²) < 4.78 is 6.24. The Morgan fingerprint density at radius 3 is 2.28 bits per heavy atom. The van der Waals surface area contributed by atoms with Crippen LogP contribution in [0.25, 0.3) is 0 Å². The summed E-state index contributed by atoms with van der Waals surface area (Å²) in [4.78, 5) is 39.3. The van der Waals surface area contributed by atoms with Crippen molar-refractivity contribution in [3.8, 4) is 0 Å². The smallest absolute Gasteiger partial charge is 0.311 e. The zero-order chi connectivity index (χ0) is 23.4. The van der Waals surface area contributed by atoms with Crippen LogP contribution < -0.4 is 10.2 Å². The van der Waals surface area contributed by atoms with E-state index in [0.29, 0.717) is 5.69 Å². The normalized spacial score (nSPS) is 15.7. The number of carbonyl (C=O) groups excluding carboxylic acids is 3. The van der Waals surface area contributed by atoms with Gasteiger partial charge in [-0.05, 0) is 61.1 Å². The Bertz CT molecular complexity index is 1000. The van der Waals surface area contributed by atoms with E-state index in [4.69, 9.17) is 4.74 Å². The summed E-state index contributed by atoms with van der Waals surface area (Å²) in [5.41, 5.74) is 5.74. The van der Waals surface area contributed by atoms with Gasteiger partial charge in [0.05, 0.1) is 5.92 Å². The molecular formula is C25H29BrN2O4. The molecule has 7 heteroatoms. The van der Waals surface area contributed by atoms with Gasteiger partial charge in [0.15, 0.2) is 6.61 Å². The molecule has 0 spiro atoms. The second-order valence-corrected chi connectivity index (χ2v) is 8.91. The number of esters is 1. The number of anilines is 2. The number of aryl methyl sites for hydroxylation is 4. The molecule has 1 fully saturated rings. The third-order valence-corrected chi connectivity index (χ3v) is 7.01. The summed E-state index contributed by atoms with van der Waals surface area (Å²) in [6.07, 6.45) is 1.70. The summed E-state index contributed by atoms with van der Waals surface area (Å²) in [5, 5.41) is 2.76. The van der Waals surface area contributed by atoms with Gasteiger partial charge in [0, 0.05) is 28.8 Å². The highest BCUT2D eigenvalue weighted by molar-refractivity contribution is 9.10. The van der Waals surface area contributed by atoms with Gasteiger partial charge in [-0.1, -0.05) is 48.0 Å². The number of halogens is 1. The number of ether oxygens (including phenoxy) is 1. The molecule has 0 radical (unpaired) electrons. The molecule has 170 valence electrons. The molecule has 1 atom stereocenters. The number of hydrogen-bond donors (Lipinski definition) is 1. The SMILES string of the molecule is CCc1cccc(CC)c1N1C[C@H](C(=O)OCC(=O)Nc2cc(C)c(Br)c(C)c2)CC1=O. The quantitative estimate of drug-likeness (QED) is 0.557. The molecule has 1 aliphatic rings. The van der Waals surface area contributed by atoms with Gasteiger partial charge in [-0.15, -0.1) is 0 Å². The Labute approximate surface area is 197 Å². The number of nitrogens with zero attached hydrogens (tertiary/aromatic N) is 1. The number of amides is 2. The Hall–Kier alpha value is -2.67. The van der Waals surface area contributed by atoms with E-state index in [0.717, 1.165) is 45.3 Å². The molecule has 1 N–H and O–H groups in total. The molecule has 3 rings (SSSR count). The molecule has 2 aromatic carbocycles.